The van der Waals surface area contributed by atoms with Gasteiger partial charge in [0.25, 0.3) is 0 Å². The Morgan fingerprint density at radius 1 is 0.600 bits per heavy atom. The highest BCUT2D eigenvalue weighted by Gasteiger charge is 2.11. The van der Waals surface area contributed by atoms with Gasteiger partial charge in [0, 0.05) is 12.8 Å². The zero-order chi connectivity index (χ0) is 25.4. The van der Waals surface area contributed by atoms with Crippen LogP contribution in [0.2, 0.25) is 0 Å². The number of hydrogen-bond acceptors (Lipinski definition) is 4. The molecule has 0 aromatic heterocycles. The van der Waals surface area contributed by atoms with Crippen molar-refractivity contribution in [1.29, 1.82) is 0 Å². The van der Waals surface area contributed by atoms with Crippen LogP contribution in [0.3, 0.4) is 0 Å². The Morgan fingerprint density at radius 2 is 1.06 bits per heavy atom. The molecule has 0 aliphatic carbocycles. The maximum absolute atomic E-state index is 11.8. The van der Waals surface area contributed by atoms with Crippen LogP contribution in [-0.2, 0) is 19.1 Å². The largest absolute Gasteiger partial charge is 0.466 e. The van der Waals surface area contributed by atoms with Gasteiger partial charge in [-0.05, 0) is 50.0 Å². The summed E-state index contributed by atoms with van der Waals surface area (Å²) in [4.78, 5) is 23.6. The van der Waals surface area contributed by atoms with Gasteiger partial charge in [-0.25, -0.2) is 0 Å². The maximum Gasteiger partial charge on any atom is 0.305 e. The molecule has 35 heavy (non-hydrogen) atoms. The van der Waals surface area contributed by atoms with Crippen LogP contribution < -0.4 is 0 Å². The van der Waals surface area contributed by atoms with E-state index in [9.17, 15) is 9.59 Å². The van der Waals surface area contributed by atoms with E-state index in [-0.39, 0.29) is 11.9 Å². The van der Waals surface area contributed by atoms with Gasteiger partial charge in [0.15, 0.2) is 0 Å². The van der Waals surface area contributed by atoms with Gasteiger partial charge in [0.1, 0.15) is 0 Å². The second kappa shape index (κ2) is 22.6. The molecule has 4 nitrogen and oxygen atoms in total. The van der Waals surface area contributed by atoms with Gasteiger partial charge in [-0.15, -0.1) is 0 Å². The molecule has 0 amide bonds. The van der Waals surface area contributed by atoms with Crippen LogP contribution in [0.4, 0.5) is 0 Å². The monoisotopic (exact) mass is 488 g/mol. The SMILES string of the molecule is CCCCCOC(=O)CCCCCCC(CCCCCCC(=O)OCCCCC)c1ccccc1. The molecular formula is C31H52O4. The zero-order valence-electron chi connectivity index (χ0n) is 22.7. The van der Waals surface area contributed by atoms with E-state index in [0.717, 1.165) is 64.2 Å². The van der Waals surface area contributed by atoms with E-state index in [1.807, 2.05) is 0 Å². The minimum absolute atomic E-state index is 0.0342. The van der Waals surface area contributed by atoms with E-state index >= 15 is 0 Å². The second-order valence-electron chi connectivity index (χ2n) is 9.87. The van der Waals surface area contributed by atoms with Crippen molar-refractivity contribution in [2.75, 3.05) is 13.2 Å². The summed E-state index contributed by atoms with van der Waals surface area (Å²) in [7, 11) is 0. The molecular weight excluding hydrogens is 436 g/mol. The fourth-order valence-electron chi connectivity index (χ4n) is 4.45. The van der Waals surface area contributed by atoms with E-state index in [1.165, 1.54) is 44.1 Å². The summed E-state index contributed by atoms with van der Waals surface area (Å²) in [6.45, 7) is 5.46. The highest BCUT2D eigenvalue weighted by Crippen LogP contribution is 2.28. The number of hydrogen-bond donors (Lipinski definition) is 0. The molecule has 4 heteroatoms. The molecule has 0 fully saturated rings. The van der Waals surface area contributed by atoms with E-state index in [4.69, 9.17) is 9.47 Å². The van der Waals surface area contributed by atoms with Crippen LogP contribution in [0.1, 0.15) is 141 Å². The molecule has 0 saturated carbocycles. The van der Waals surface area contributed by atoms with Crippen molar-refractivity contribution < 1.29 is 19.1 Å². The molecule has 0 spiro atoms. The molecule has 0 bridgehead atoms. The van der Waals surface area contributed by atoms with Gasteiger partial charge in [-0.1, -0.05) is 108 Å². The maximum atomic E-state index is 11.8. The van der Waals surface area contributed by atoms with Crippen molar-refractivity contribution in [3.63, 3.8) is 0 Å². The number of esters is 2. The zero-order valence-corrected chi connectivity index (χ0v) is 22.7. The smallest absolute Gasteiger partial charge is 0.305 e. The van der Waals surface area contributed by atoms with Gasteiger partial charge in [0.05, 0.1) is 13.2 Å². The lowest BCUT2D eigenvalue weighted by molar-refractivity contribution is -0.144. The summed E-state index contributed by atoms with van der Waals surface area (Å²) in [5.74, 6) is 0.532. The molecule has 0 N–H and O–H groups in total. The molecule has 1 rings (SSSR count). The van der Waals surface area contributed by atoms with Gasteiger partial charge in [0.2, 0.25) is 0 Å². The minimum Gasteiger partial charge on any atom is -0.466 e. The normalized spacial score (nSPS) is 11.1. The third-order valence-electron chi connectivity index (χ3n) is 6.66. The lowest BCUT2D eigenvalue weighted by Crippen LogP contribution is -2.05. The Bertz CT molecular complexity index is 592. The average Bonchev–Trinajstić information content (AvgIpc) is 2.87. The topological polar surface area (TPSA) is 52.6 Å². The lowest BCUT2D eigenvalue weighted by Gasteiger charge is -2.17. The number of ether oxygens (including phenoxy) is 2. The summed E-state index contributed by atoms with van der Waals surface area (Å²) in [5, 5.41) is 0. The summed E-state index contributed by atoms with van der Waals surface area (Å²) < 4.78 is 10.6. The van der Waals surface area contributed by atoms with Crippen molar-refractivity contribution in [2.24, 2.45) is 0 Å². The minimum atomic E-state index is -0.0342. The van der Waals surface area contributed by atoms with Gasteiger partial charge in [-0.3, -0.25) is 9.59 Å². The molecule has 0 unspecified atom stereocenters. The fraction of sp³-hybridized carbons (Fsp3) is 0.742. The lowest BCUT2D eigenvalue weighted by atomic mass is 9.88. The third kappa shape index (κ3) is 18.1. The number of benzene rings is 1. The summed E-state index contributed by atoms with van der Waals surface area (Å²) in [5.41, 5.74) is 1.44. The Hall–Kier alpha value is -1.84. The first-order valence-corrected chi connectivity index (χ1v) is 14.5. The molecule has 1 aromatic rings. The van der Waals surface area contributed by atoms with E-state index in [2.05, 4.69) is 44.2 Å². The Balaban J connectivity index is 2.17. The number of carbonyl (C=O) groups excluding carboxylic acids is 2. The first-order chi connectivity index (χ1) is 17.2. The quantitative estimate of drug-likeness (QED) is 0.114. The average molecular weight is 489 g/mol. The van der Waals surface area contributed by atoms with Crippen molar-refractivity contribution in [2.45, 2.75) is 135 Å². The van der Waals surface area contributed by atoms with Crippen LogP contribution >= 0.6 is 0 Å². The molecule has 0 aliphatic heterocycles. The third-order valence-corrected chi connectivity index (χ3v) is 6.66. The molecule has 200 valence electrons. The van der Waals surface area contributed by atoms with Crippen molar-refractivity contribution >= 4 is 11.9 Å². The van der Waals surface area contributed by atoms with E-state index < -0.39 is 0 Å². The van der Waals surface area contributed by atoms with Gasteiger partial charge >= 0.3 is 11.9 Å². The Labute approximate surface area is 215 Å². The van der Waals surface area contributed by atoms with Crippen LogP contribution in [-0.4, -0.2) is 25.2 Å². The van der Waals surface area contributed by atoms with Crippen molar-refractivity contribution in [1.82, 2.24) is 0 Å². The summed E-state index contributed by atoms with van der Waals surface area (Å²) in [6, 6.07) is 10.9. The molecule has 0 atom stereocenters. The van der Waals surface area contributed by atoms with Crippen LogP contribution in [0, 0.1) is 0 Å². The predicted molar refractivity (Wildman–Crippen MR) is 146 cm³/mol. The molecule has 0 heterocycles. The number of carbonyl (C=O) groups is 2. The highest BCUT2D eigenvalue weighted by atomic mass is 16.5. The van der Waals surface area contributed by atoms with E-state index in [0.29, 0.717) is 32.0 Å². The predicted octanol–water partition coefficient (Wildman–Crippen LogP) is 8.92. The molecule has 1 aromatic carbocycles. The van der Waals surface area contributed by atoms with Gasteiger partial charge < -0.3 is 9.47 Å². The number of rotatable bonds is 23. The van der Waals surface area contributed by atoms with Crippen LogP contribution in [0.15, 0.2) is 30.3 Å². The van der Waals surface area contributed by atoms with Crippen LogP contribution in [0.25, 0.3) is 0 Å². The molecule has 0 saturated heterocycles. The standard InChI is InChI=1S/C31H52O4/c1-3-5-18-26-34-30(32)24-16-9-7-12-20-28(29-22-14-11-15-23-29)21-13-8-10-17-25-31(33)35-27-19-6-4-2/h11,14-15,22-23,28H,3-10,12-13,16-21,24-27H2,1-2H3. The van der Waals surface area contributed by atoms with E-state index in [1.54, 1.807) is 0 Å². The highest BCUT2D eigenvalue weighted by molar-refractivity contribution is 5.69. The summed E-state index contributed by atoms with van der Waals surface area (Å²) in [6.07, 6.45) is 18.9. The second-order valence-corrected chi connectivity index (χ2v) is 9.87. The Morgan fingerprint density at radius 3 is 1.51 bits per heavy atom. The Kier molecular flexibility index (Phi) is 20.2. The van der Waals surface area contributed by atoms with Gasteiger partial charge in [-0.2, -0.15) is 0 Å². The molecule has 0 aliphatic rings. The summed E-state index contributed by atoms with van der Waals surface area (Å²) >= 11 is 0. The van der Waals surface area contributed by atoms with Crippen LogP contribution in [0.5, 0.6) is 0 Å². The molecule has 0 radical (unpaired) electrons. The van der Waals surface area contributed by atoms with Crippen molar-refractivity contribution in [3.8, 4) is 0 Å². The van der Waals surface area contributed by atoms with Crippen molar-refractivity contribution in [3.05, 3.63) is 35.9 Å². The first-order valence-electron chi connectivity index (χ1n) is 14.5. The number of unbranched alkanes of at least 4 members (excludes halogenated alkanes) is 10. The fourth-order valence-corrected chi connectivity index (χ4v) is 4.45. The first kappa shape index (κ1) is 31.2.